The van der Waals surface area contributed by atoms with Crippen molar-refractivity contribution in [1.82, 2.24) is 24.1 Å². The molecule has 1 atom stereocenters. The molecular weight excluding hydrogens is 504 g/mol. The number of nitrogens with one attached hydrogen (secondary N) is 1. The standard InChI is InChI=1S/C24H23ClN6O6/c1-36-21(33)19-12-27-20(13-26-19)37-18-8-6-17(7-9-18)28-22-29-23(34)30(10-11-32)24(35)31(22)14-15-2-4-16(25)5-3-15/h2-6,8-9,12-13,17,32H,7,10-11,14H2,1H3,(H,28,29,34). The number of benzene rings is 1. The largest absolute Gasteiger partial charge is 0.464 e. The van der Waals surface area contributed by atoms with Crippen LogP contribution in [0.4, 0.5) is 0 Å². The van der Waals surface area contributed by atoms with Crippen LogP contribution >= 0.6 is 11.6 Å². The van der Waals surface area contributed by atoms with Crippen LogP contribution in [0.3, 0.4) is 0 Å². The van der Waals surface area contributed by atoms with E-state index in [2.05, 4.69) is 24.7 Å². The number of carbonyl (C=O) groups excluding carboxylic acids is 1. The molecule has 12 nitrogen and oxygen atoms in total. The third kappa shape index (κ3) is 6.29. The number of hydrogen-bond acceptors (Lipinski definition) is 9. The SMILES string of the molecule is COC(=O)c1cnc(OC2=CCC(/N=c3\[nH]c(=O)n(CCO)c(=O)n3Cc3ccc(Cl)cc3)C=C2)cn1. The van der Waals surface area contributed by atoms with Gasteiger partial charge < -0.3 is 14.6 Å². The molecule has 13 heteroatoms. The van der Waals surface area contributed by atoms with Gasteiger partial charge >= 0.3 is 17.3 Å². The molecule has 0 saturated carbocycles. The van der Waals surface area contributed by atoms with Crippen LogP contribution < -0.4 is 21.7 Å². The average molecular weight is 527 g/mol. The van der Waals surface area contributed by atoms with Gasteiger partial charge in [-0.2, -0.15) is 0 Å². The summed E-state index contributed by atoms with van der Waals surface area (Å²) in [6.45, 7) is -0.377. The number of aromatic nitrogens is 5. The van der Waals surface area contributed by atoms with Crippen molar-refractivity contribution in [3.05, 3.63) is 104 Å². The number of esters is 1. The highest BCUT2D eigenvalue weighted by Gasteiger charge is 2.14. The summed E-state index contributed by atoms with van der Waals surface area (Å²) in [4.78, 5) is 52.2. The minimum absolute atomic E-state index is 0.0590. The van der Waals surface area contributed by atoms with E-state index in [4.69, 9.17) is 16.3 Å². The number of hydrogen-bond donors (Lipinski definition) is 2. The predicted octanol–water partition coefficient (Wildman–Crippen LogP) is 0.801. The zero-order chi connectivity index (χ0) is 26.4. The molecule has 2 aromatic heterocycles. The van der Waals surface area contributed by atoms with Gasteiger partial charge in [0.15, 0.2) is 5.69 Å². The second-order valence-corrected chi connectivity index (χ2v) is 8.29. The van der Waals surface area contributed by atoms with Gasteiger partial charge in [-0.3, -0.25) is 9.55 Å². The Hall–Kier alpha value is -4.29. The van der Waals surface area contributed by atoms with Crippen molar-refractivity contribution in [1.29, 1.82) is 0 Å². The molecule has 37 heavy (non-hydrogen) atoms. The number of allylic oxidation sites excluding steroid dienone is 1. The van der Waals surface area contributed by atoms with E-state index in [9.17, 15) is 19.5 Å². The van der Waals surface area contributed by atoms with Crippen molar-refractivity contribution in [2.45, 2.75) is 25.6 Å². The number of aliphatic hydroxyl groups excluding tert-OH is 1. The van der Waals surface area contributed by atoms with Crippen molar-refractivity contribution in [2.24, 2.45) is 4.99 Å². The van der Waals surface area contributed by atoms with E-state index in [1.807, 2.05) is 0 Å². The fraction of sp³-hybridized carbons (Fsp3) is 0.250. The minimum atomic E-state index is -0.668. The Morgan fingerprint density at radius 3 is 2.62 bits per heavy atom. The number of ether oxygens (including phenoxy) is 2. The van der Waals surface area contributed by atoms with Gasteiger partial charge in [0.2, 0.25) is 11.5 Å². The molecule has 2 heterocycles. The van der Waals surface area contributed by atoms with Crippen LogP contribution in [-0.4, -0.2) is 54.9 Å². The molecule has 0 spiro atoms. The molecule has 4 rings (SSSR count). The Morgan fingerprint density at radius 1 is 1.22 bits per heavy atom. The minimum Gasteiger partial charge on any atom is -0.464 e. The molecule has 0 aliphatic heterocycles. The van der Waals surface area contributed by atoms with Gasteiger partial charge in [0.25, 0.3) is 0 Å². The summed E-state index contributed by atoms with van der Waals surface area (Å²) in [6, 6.07) is 6.56. The third-order valence-electron chi connectivity index (χ3n) is 5.34. The molecule has 2 N–H and O–H groups in total. The van der Waals surface area contributed by atoms with Gasteiger partial charge in [0.05, 0.1) is 45.2 Å². The van der Waals surface area contributed by atoms with E-state index in [1.165, 1.54) is 24.1 Å². The molecule has 0 saturated heterocycles. The maximum absolute atomic E-state index is 13.1. The van der Waals surface area contributed by atoms with Gasteiger partial charge in [0.1, 0.15) is 5.76 Å². The molecule has 0 bridgehead atoms. The van der Waals surface area contributed by atoms with Gasteiger partial charge in [0, 0.05) is 5.02 Å². The van der Waals surface area contributed by atoms with E-state index in [-0.39, 0.29) is 42.9 Å². The summed E-state index contributed by atoms with van der Waals surface area (Å²) in [6.07, 6.45) is 8.20. The number of rotatable bonds is 8. The number of carbonyl (C=O) groups is 1. The first kappa shape index (κ1) is 25.8. The molecule has 0 fully saturated rings. The molecule has 1 unspecified atom stereocenters. The summed E-state index contributed by atoms with van der Waals surface area (Å²) >= 11 is 5.97. The van der Waals surface area contributed by atoms with E-state index < -0.39 is 17.3 Å². The van der Waals surface area contributed by atoms with Crippen LogP contribution in [0, 0.1) is 0 Å². The Bertz CT molecular complexity index is 1520. The lowest BCUT2D eigenvalue weighted by molar-refractivity contribution is 0.0593. The van der Waals surface area contributed by atoms with Gasteiger partial charge in [-0.15, -0.1) is 0 Å². The molecule has 192 valence electrons. The highest BCUT2D eigenvalue weighted by Crippen LogP contribution is 2.17. The molecule has 1 aliphatic carbocycles. The number of nitrogens with zero attached hydrogens (tertiary/aromatic N) is 5. The first-order valence-electron chi connectivity index (χ1n) is 11.2. The van der Waals surface area contributed by atoms with E-state index in [1.54, 1.807) is 42.5 Å². The molecule has 0 radical (unpaired) electrons. The Kier molecular flexibility index (Phi) is 8.11. The first-order chi connectivity index (χ1) is 17.9. The molecule has 1 aliphatic rings. The lowest BCUT2D eigenvalue weighted by atomic mass is 10.1. The molecular formula is C24H23ClN6O6. The Labute approximate surface area is 214 Å². The fourth-order valence-electron chi connectivity index (χ4n) is 3.49. The first-order valence-corrected chi connectivity index (χ1v) is 11.6. The van der Waals surface area contributed by atoms with E-state index in [0.717, 1.165) is 10.1 Å². The van der Waals surface area contributed by atoms with Crippen LogP contribution in [0.2, 0.25) is 5.02 Å². The predicted molar refractivity (Wildman–Crippen MR) is 132 cm³/mol. The van der Waals surface area contributed by atoms with Crippen LogP contribution in [0.1, 0.15) is 22.5 Å². The van der Waals surface area contributed by atoms with Crippen LogP contribution in [0.5, 0.6) is 5.88 Å². The smallest absolute Gasteiger partial charge is 0.358 e. The van der Waals surface area contributed by atoms with Crippen molar-refractivity contribution in [3.63, 3.8) is 0 Å². The van der Waals surface area contributed by atoms with Crippen molar-refractivity contribution in [3.8, 4) is 5.88 Å². The molecule has 3 aromatic rings. The average Bonchev–Trinajstić information content (AvgIpc) is 2.91. The number of methoxy groups -OCH3 is 1. The van der Waals surface area contributed by atoms with Gasteiger partial charge in [-0.1, -0.05) is 29.8 Å². The van der Waals surface area contributed by atoms with Crippen LogP contribution in [-0.2, 0) is 17.8 Å². The lowest BCUT2D eigenvalue weighted by Crippen LogP contribution is -2.50. The topological polar surface area (TPSA) is 154 Å². The zero-order valence-corrected chi connectivity index (χ0v) is 20.5. The van der Waals surface area contributed by atoms with E-state index >= 15 is 0 Å². The summed E-state index contributed by atoms with van der Waals surface area (Å²) in [7, 11) is 1.25. The van der Waals surface area contributed by atoms with Crippen molar-refractivity contribution in [2.75, 3.05) is 13.7 Å². The lowest BCUT2D eigenvalue weighted by Gasteiger charge is -2.14. The van der Waals surface area contributed by atoms with Crippen molar-refractivity contribution >= 4 is 17.6 Å². The number of aromatic amines is 1. The quantitative estimate of drug-likeness (QED) is 0.409. The molecule has 1 aromatic carbocycles. The summed E-state index contributed by atoms with van der Waals surface area (Å²) < 4.78 is 12.5. The Balaban J connectivity index is 1.57. The third-order valence-corrected chi connectivity index (χ3v) is 5.59. The van der Waals surface area contributed by atoms with Crippen LogP contribution in [0.25, 0.3) is 0 Å². The number of halogens is 1. The zero-order valence-electron chi connectivity index (χ0n) is 19.7. The van der Waals surface area contributed by atoms with Crippen molar-refractivity contribution < 1.29 is 19.4 Å². The maximum atomic E-state index is 13.1. The van der Waals surface area contributed by atoms with E-state index in [0.29, 0.717) is 17.2 Å². The number of aliphatic hydroxyl groups is 1. The fourth-order valence-corrected chi connectivity index (χ4v) is 3.61. The van der Waals surface area contributed by atoms with Gasteiger partial charge in [-0.05, 0) is 36.3 Å². The highest BCUT2D eigenvalue weighted by atomic mass is 35.5. The number of H-pyrrole nitrogens is 1. The summed E-state index contributed by atoms with van der Waals surface area (Å²) in [5, 5.41) is 9.83. The summed E-state index contributed by atoms with van der Waals surface area (Å²) in [5.74, 6) is 0.0830. The van der Waals surface area contributed by atoms with Crippen LogP contribution in [0.15, 0.2) is 75.2 Å². The molecule has 0 amide bonds. The monoisotopic (exact) mass is 526 g/mol. The highest BCUT2D eigenvalue weighted by molar-refractivity contribution is 6.30. The van der Waals surface area contributed by atoms with Gasteiger partial charge in [-0.25, -0.2) is 33.9 Å². The second-order valence-electron chi connectivity index (χ2n) is 7.86. The summed E-state index contributed by atoms with van der Waals surface area (Å²) in [5.41, 5.74) is -0.336. The Morgan fingerprint density at radius 2 is 2.00 bits per heavy atom. The maximum Gasteiger partial charge on any atom is 0.358 e. The normalized spacial score (nSPS) is 15.4. The second kappa shape index (κ2) is 11.6.